The molecule has 0 unspecified atom stereocenters. The molecule has 0 saturated carbocycles. The Morgan fingerprint density at radius 2 is 1.77 bits per heavy atom. The SMILES string of the molecule is Cn1nc(N2CCC(=O)NC2=O)c2ccc(C3CCN(C4CCN(CCOc5cc(F)c6c(=O)[nH]c(CSC7CCOCC7)nc6c5)CC4)CC3)cc21. The summed E-state index contributed by atoms with van der Waals surface area (Å²) in [5.41, 5.74) is 2.16. The maximum Gasteiger partial charge on any atom is 0.329 e. The monoisotopic (exact) mass is 746 g/mol. The summed E-state index contributed by atoms with van der Waals surface area (Å²) in [6.07, 6.45) is 6.64. The fourth-order valence-corrected chi connectivity index (χ4v) is 9.37. The van der Waals surface area contributed by atoms with Crippen LogP contribution in [0.15, 0.2) is 35.1 Å². The van der Waals surface area contributed by atoms with Crippen LogP contribution in [0.5, 0.6) is 5.75 Å². The molecule has 4 fully saturated rings. The first-order valence-corrected chi connectivity index (χ1v) is 19.9. The third-order valence-corrected chi connectivity index (χ3v) is 12.7. The molecule has 0 spiro atoms. The lowest BCUT2D eigenvalue weighted by atomic mass is 9.87. The Hall–Kier alpha value is -4.05. The summed E-state index contributed by atoms with van der Waals surface area (Å²) in [5, 5.41) is 8.39. The van der Waals surface area contributed by atoms with E-state index >= 15 is 4.39 Å². The summed E-state index contributed by atoms with van der Waals surface area (Å²) in [6, 6.07) is 9.58. The van der Waals surface area contributed by atoms with Gasteiger partial charge in [-0.25, -0.2) is 14.2 Å². The zero-order valence-electron chi connectivity index (χ0n) is 30.2. The van der Waals surface area contributed by atoms with Gasteiger partial charge in [-0.05, 0) is 88.3 Å². The van der Waals surface area contributed by atoms with Crippen molar-refractivity contribution in [2.45, 2.75) is 67.9 Å². The summed E-state index contributed by atoms with van der Waals surface area (Å²) >= 11 is 1.75. The van der Waals surface area contributed by atoms with Gasteiger partial charge in [0.2, 0.25) is 5.91 Å². The minimum absolute atomic E-state index is 0.0308. The number of rotatable bonds is 10. The van der Waals surface area contributed by atoms with Gasteiger partial charge in [0.25, 0.3) is 5.56 Å². The number of hydrogen-bond acceptors (Lipinski definition) is 10. The quantitative estimate of drug-likeness (QED) is 0.238. The number of imide groups is 1. The smallest absolute Gasteiger partial charge is 0.329 e. The number of H-pyrrole nitrogens is 1. The molecule has 0 aliphatic carbocycles. The number of likely N-dealkylation sites (tertiary alicyclic amines) is 2. The van der Waals surface area contributed by atoms with Crippen LogP contribution >= 0.6 is 11.8 Å². The predicted octanol–water partition coefficient (Wildman–Crippen LogP) is 4.53. The van der Waals surface area contributed by atoms with E-state index in [9.17, 15) is 14.4 Å². The van der Waals surface area contributed by atoms with E-state index in [2.05, 4.69) is 48.4 Å². The number of fused-ring (bicyclic) bond motifs is 2. The van der Waals surface area contributed by atoms with Crippen molar-refractivity contribution < 1.29 is 23.5 Å². The number of urea groups is 1. The van der Waals surface area contributed by atoms with Gasteiger partial charge in [-0.2, -0.15) is 16.9 Å². The minimum atomic E-state index is -0.617. The first-order valence-electron chi connectivity index (χ1n) is 18.9. The largest absolute Gasteiger partial charge is 0.492 e. The number of nitrogens with one attached hydrogen (secondary N) is 2. The number of benzene rings is 2. The molecular weight excluding hydrogens is 700 g/mol. The van der Waals surface area contributed by atoms with Crippen LogP contribution < -0.4 is 20.5 Å². The summed E-state index contributed by atoms with van der Waals surface area (Å²) < 4.78 is 28.3. The zero-order valence-corrected chi connectivity index (χ0v) is 31.0. The highest BCUT2D eigenvalue weighted by Gasteiger charge is 2.31. The Morgan fingerprint density at radius 1 is 0.981 bits per heavy atom. The number of anilines is 1. The molecule has 282 valence electrons. The average molecular weight is 747 g/mol. The summed E-state index contributed by atoms with van der Waals surface area (Å²) in [7, 11) is 1.90. The van der Waals surface area contributed by atoms with E-state index in [1.54, 1.807) is 22.7 Å². The normalized spacial score (nSPS) is 20.5. The van der Waals surface area contributed by atoms with Crippen molar-refractivity contribution in [1.29, 1.82) is 0 Å². The van der Waals surface area contributed by atoms with E-state index in [-0.39, 0.29) is 17.7 Å². The maximum atomic E-state index is 15.0. The van der Waals surface area contributed by atoms with Gasteiger partial charge in [-0.1, -0.05) is 6.07 Å². The van der Waals surface area contributed by atoms with Crippen LogP contribution in [0, 0.1) is 5.82 Å². The molecule has 0 atom stereocenters. The molecule has 4 aromatic rings. The van der Waals surface area contributed by atoms with Crippen LogP contribution in [0.25, 0.3) is 21.8 Å². The predicted molar refractivity (Wildman–Crippen MR) is 202 cm³/mol. The van der Waals surface area contributed by atoms with E-state index in [0.717, 1.165) is 95.4 Å². The van der Waals surface area contributed by atoms with E-state index in [1.807, 2.05) is 11.7 Å². The summed E-state index contributed by atoms with van der Waals surface area (Å²) in [5.74, 6) is 1.70. The third kappa shape index (κ3) is 7.94. The minimum Gasteiger partial charge on any atom is -0.492 e. The number of amides is 3. The van der Waals surface area contributed by atoms with Crippen molar-refractivity contribution in [2.24, 2.45) is 7.05 Å². The lowest BCUT2D eigenvalue weighted by molar-refractivity contribution is -0.120. The Labute approximate surface area is 311 Å². The molecule has 2 N–H and O–H groups in total. The highest BCUT2D eigenvalue weighted by atomic mass is 32.2. The van der Waals surface area contributed by atoms with Crippen LogP contribution in [0.1, 0.15) is 62.3 Å². The fraction of sp³-hybridized carbons (Fsp3) is 0.553. The molecule has 2 aromatic heterocycles. The van der Waals surface area contributed by atoms with Gasteiger partial charge >= 0.3 is 6.03 Å². The van der Waals surface area contributed by atoms with E-state index in [0.29, 0.717) is 59.0 Å². The van der Waals surface area contributed by atoms with Crippen LogP contribution in [-0.2, 0) is 22.3 Å². The Kier molecular flexibility index (Phi) is 10.7. The first kappa shape index (κ1) is 36.0. The summed E-state index contributed by atoms with van der Waals surface area (Å²) in [4.78, 5) is 50.8. The number of hydrogen-bond donors (Lipinski definition) is 2. The molecule has 4 aliphatic rings. The topological polar surface area (TPSA) is 138 Å². The number of carbonyl (C=O) groups excluding carboxylic acids is 2. The lowest BCUT2D eigenvalue weighted by Gasteiger charge is -2.42. The second-order valence-corrected chi connectivity index (χ2v) is 15.9. The number of piperidine rings is 2. The Morgan fingerprint density at radius 3 is 2.55 bits per heavy atom. The van der Waals surface area contributed by atoms with Crippen LogP contribution in [-0.4, -0.2) is 112 Å². The van der Waals surface area contributed by atoms with Crippen LogP contribution in [0.4, 0.5) is 15.0 Å². The van der Waals surface area contributed by atoms with Crippen molar-refractivity contribution in [2.75, 3.05) is 64.0 Å². The molecule has 4 aliphatic heterocycles. The van der Waals surface area contributed by atoms with Crippen LogP contribution in [0.2, 0.25) is 0 Å². The first-order chi connectivity index (χ1) is 25.8. The second kappa shape index (κ2) is 15.7. The van der Waals surface area contributed by atoms with Crippen LogP contribution in [0.3, 0.4) is 0 Å². The molecular formula is C38H47FN8O5S. The molecule has 53 heavy (non-hydrogen) atoms. The molecule has 13 nitrogen and oxygen atoms in total. The number of nitrogens with zero attached hydrogens (tertiary/aromatic N) is 6. The third-order valence-electron chi connectivity index (χ3n) is 11.3. The van der Waals surface area contributed by atoms with Gasteiger partial charge in [0, 0.05) is 68.6 Å². The molecule has 0 radical (unpaired) electrons. The van der Waals surface area contributed by atoms with E-state index < -0.39 is 17.4 Å². The molecule has 8 rings (SSSR count). The van der Waals surface area contributed by atoms with Gasteiger partial charge in [0.05, 0.1) is 16.8 Å². The maximum absolute atomic E-state index is 15.0. The van der Waals surface area contributed by atoms with Gasteiger partial charge in [0.15, 0.2) is 5.82 Å². The van der Waals surface area contributed by atoms with Gasteiger partial charge in [0.1, 0.15) is 29.4 Å². The number of aromatic nitrogens is 4. The van der Waals surface area contributed by atoms with Crippen molar-refractivity contribution in [3.05, 3.63) is 57.9 Å². The van der Waals surface area contributed by atoms with E-state index in [4.69, 9.17) is 9.47 Å². The van der Waals surface area contributed by atoms with Gasteiger partial charge in [-0.15, -0.1) is 0 Å². The molecule has 15 heteroatoms. The zero-order chi connectivity index (χ0) is 36.5. The van der Waals surface area contributed by atoms with Gasteiger partial charge < -0.3 is 19.4 Å². The molecule has 3 amide bonds. The number of halogens is 1. The number of thioether (sulfide) groups is 1. The average Bonchev–Trinajstić information content (AvgIpc) is 3.49. The Bertz CT molecular complexity index is 2030. The van der Waals surface area contributed by atoms with Crippen molar-refractivity contribution >= 4 is 51.3 Å². The standard InChI is InChI=1S/C38H47FN8O5S/c1-44-32-20-25(2-3-29(32)36(43-44)47-15-8-34(48)42-38(47)50)24-4-13-46(14-5-24)26-6-11-45(12-7-26)16-19-52-27-21-30(39)35-31(22-27)40-33(41-37(35)49)23-53-28-9-17-51-18-10-28/h2-3,20-22,24,26,28H,4-19,23H2,1H3,(H,40,41,49)(H,42,48,50). The van der Waals surface area contributed by atoms with E-state index in [1.165, 1.54) is 11.6 Å². The molecule has 4 saturated heterocycles. The lowest BCUT2D eigenvalue weighted by Crippen LogP contribution is -2.49. The highest BCUT2D eigenvalue weighted by Crippen LogP contribution is 2.35. The Balaban J connectivity index is 0.800. The van der Waals surface area contributed by atoms with Crippen molar-refractivity contribution in [1.82, 2.24) is 34.9 Å². The summed E-state index contributed by atoms with van der Waals surface area (Å²) in [6.45, 7) is 7.15. The number of ether oxygens (including phenoxy) is 2. The molecule has 0 bridgehead atoms. The highest BCUT2D eigenvalue weighted by molar-refractivity contribution is 7.99. The van der Waals surface area contributed by atoms with Crippen molar-refractivity contribution in [3.8, 4) is 5.75 Å². The van der Waals surface area contributed by atoms with Crippen molar-refractivity contribution in [3.63, 3.8) is 0 Å². The molecule has 6 heterocycles. The number of carbonyl (C=O) groups is 2. The number of aromatic amines is 1. The number of aryl methyl sites for hydroxylation is 1. The fourth-order valence-electron chi connectivity index (χ4n) is 8.31. The molecule has 2 aromatic carbocycles. The second-order valence-electron chi connectivity index (χ2n) is 14.6. The van der Waals surface area contributed by atoms with Gasteiger partial charge in [-0.3, -0.25) is 29.4 Å².